The molecule has 2 aromatic carbocycles. The predicted octanol–water partition coefficient (Wildman–Crippen LogP) is 3.90. The van der Waals surface area contributed by atoms with Crippen LogP contribution < -0.4 is 0 Å². The van der Waals surface area contributed by atoms with Gasteiger partial charge in [0.25, 0.3) is 0 Å². The molecule has 0 radical (unpaired) electrons. The highest BCUT2D eigenvalue weighted by Crippen LogP contribution is 2.17. The van der Waals surface area contributed by atoms with E-state index in [2.05, 4.69) is 69.4 Å². The third-order valence-electron chi connectivity index (χ3n) is 4.09. The number of cyclic esters (lactones) is 1. The van der Waals surface area contributed by atoms with Crippen molar-refractivity contribution in [3.8, 4) is 0 Å². The molecule has 0 bridgehead atoms. The summed E-state index contributed by atoms with van der Waals surface area (Å²) >= 11 is 3.47. The Kier molecular flexibility index (Phi) is 5.53. The number of rotatable bonds is 6. The van der Waals surface area contributed by atoms with E-state index in [9.17, 15) is 4.79 Å². The molecule has 2 aromatic rings. The molecule has 1 atom stereocenters. The van der Waals surface area contributed by atoms with Gasteiger partial charge in [-0.2, -0.15) is 0 Å². The Labute approximate surface area is 151 Å². The fourth-order valence-corrected chi connectivity index (χ4v) is 3.17. The first-order valence-corrected chi connectivity index (χ1v) is 8.82. The summed E-state index contributed by atoms with van der Waals surface area (Å²) in [6.07, 6.45) is -0.315. The highest BCUT2D eigenvalue weighted by atomic mass is 79.9. The molecule has 0 N–H and O–H groups in total. The number of hydrogen-bond acceptors (Lipinski definition) is 3. The SMILES string of the molecule is CN1C[C@@H](CN(Cc2ccccc2)Cc2ccc(Br)cc2)OC1=O. The minimum atomic E-state index is -0.233. The van der Waals surface area contributed by atoms with Crippen molar-refractivity contribution in [2.45, 2.75) is 19.2 Å². The topological polar surface area (TPSA) is 32.8 Å². The lowest BCUT2D eigenvalue weighted by Crippen LogP contribution is -2.33. The zero-order valence-corrected chi connectivity index (χ0v) is 15.3. The summed E-state index contributed by atoms with van der Waals surface area (Å²) in [5, 5.41) is 0. The zero-order valence-electron chi connectivity index (χ0n) is 13.7. The van der Waals surface area contributed by atoms with Gasteiger partial charge in [-0.25, -0.2) is 4.79 Å². The van der Waals surface area contributed by atoms with Crippen LogP contribution in [0.15, 0.2) is 59.1 Å². The van der Waals surface area contributed by atoms with Gasteiger partial charge in [0.2, 0.25) is 0 Å². The monoisotopic (exact) mass is 388 g/mol. The van der Waals surface area contributed by atoms with Crippen LogP contribution in [-0.2, 0) is 17.8 Å². The number of ether oxygens (including phenoxy) is 1. The molecule has 1 amide bonds. The molecule has 1 fully saturated rings. The number of hydrogen-bond donors (Lipinski definition) is 0. The van der Waals surface area contributed by atoms with Crippen LogP contribution in [0.5, 0.6) is 0 Å². The Morgan fingerprint density at radius 3 is 2.29 bits per heavy atom. The van der Waals surface area contributed by atoms with Gasteiger partial charge < -0.3 is 9.64 Å². The highest BCUT2D eigenvalue weighted by molar-refractivity contribution is 9.10. The standard InChI is InChI=1S/C19H21BrN2O2/c1-21-13-18(24-19(21)23)14-22(11-15-5-3-2-4-6-15)12-16-7-9-17(20)10-8-16/h2-10,18H,11-14H2,1H3/t18-/m0/s1. The number of nitrogens with zero attached hydrogens (tertiary/aromatic N) is 2. The largest absolute Gasteiger partial charge is 0.443 e. The van der Waals surface area contributed by atoms with Crippen LogP contribution in [0.25, 0.3) is 0 Å². The molecule has 0 aromatic heterocycles. The highest BCUT2D eigenvalue weighted by Gasteiger charge is 2.29. The van der Waals surface area contributed by atoms with Crippen LogP contribution in [-0.4, -0.2) is 42.1 Å². The van der Waals surface area contributed by atoms with E-state index in [0.29, 0.717) is 6.54 Å². The van der Waals surface area contributed by atoms with Gasteiger partial charge in [0.05, 0.1) is 6.54 Å². The molecular formula is C19H21BrN2O2. The van der Waals surface area contributed by atoms with E-state index >= 15 is 0 Å². The van der Waals surface area contributed by atoms with Crippen molar-refractivity contribution >= 4 is 22.0 Å². The maximum absolute atomic E-state index is 11.6. The van der Waals surface area contributed by atoms with Crippen molar-refractivity contribution in [3.05, 3.63) is 70.2 Å². The molecule has 0 aliphatic carbocycles. The Morgan fingerprint density at radius 2 is 1.71 bits per heavy atom. The van der Waals surface area contributed by atoms with Gasteiger partial charge in [-0.3, -0.25) is 4.90 Å². The molecule has 4 nitrogen and oxygen atoms in total. The average molecular weight is 389 g/mol. The molecule has 0 spiro atoms. The molecule has 0 saturated carbocycles. The second-order valence-corrected chi connectivity index (χ2v) is 7.08. The number of amides is 1. The minimum Gasteiger partial charge on any atom is -0.443 e. The number of carbonyl (C=O) groups excluding carboxylic acids is 1. The van der Waals surface area contributed by atoms with Crippen molar-refractivity contribution < 1.29 is 9.53 Å². The zero-order chi connectivity index (χ0) is 16.9. The van der Waals surface area contributed by atoms with E-state index < -0.39 is 0 Å². The van der Waals surface area contributed by atoms with Crippen LogP contribution in [0, 0.1) is 0 Å². The summed E-state index contributed by atoms with van der Waals surface area (Å²) in [5.74, 6) is 0. The lowest BCUT2D eigenvalue weighted by atomic mass is 10.1. The quantitative estimate of drug-likeness (QED) is 0.751. The number of benzene rings is 2. The molecule has 24 heavy (non-hydrogen) atoms. The predicted molar refractivity (Wildman–Crippen MR) is 97.6 cm³/mol. The smallest absolute Gasteiger partial charge is 0.410 e. The van der Waals surface area contributed by atoms with Gasteiger partial charge >= 0.3 is 6.09 Å². The minimum absolute atomic E-state index is 0.0818. The molecule has 3 rings (SSSR count). The lowest BCUT2D eigenvalue weighted by Gasteiger charge is -2.25. The van der Waals surface area contributed by atoms with Crippen molar-refractivity contribution in [1.82, 2.24) is 9.80 Å². The second-order valence-electron chi connectivity index (χ2n) is 6.17. The molecular weight excluding hydrogens is 368 g/mol. The van der Waals surface area contributed by atoms with E-state index in [-0.39, 0.29) is 12.2 Å². The molecule has 1 saturated heterocycles. The van der Waals surface area contributed by atoms with E-state index in [0.717, 1.165) is 24.1 Å². The summed E-state index contributed by atoms with van der Waals surface area (Å²) in [6, 6.07) is 18.7. The molecule has 126 valence electrons. The average Bonchev–Trinajstić information content (AvgIpc) is 2.88. The normalized spacial score (nSPS) is 17.4. The van der Waals surface area contributed by atoms with Gasteiger partial charge in [-0.15, -0.1) is 0 Å². The Bertz CT molecular complexity index is 676. The Hall–Kier alpha value is -1.85. The maximum Gasteiger partial charge on any atom is 0.410 e. The van der Waals surface area contributed by atoms with E-state index in [1.807, 2.05) is 6.07 Å². The maximum atomic E-state index is 11.6. The van der Waals surface area contributed by atoms with Gasteiger partial charge in [-0.1, -0.05) is 58.4 Å². The Morgan fingerprint density at radius 1 is 1.08 bits per heavy atom. The van der Waals surface area contributed by atoms with Gasteiger partial charge in [-0.05, 0) is 23.3 Å². The van der Waals surface area contributed by atoms with Crippen molar-refractivity contribution in [3.63, 3.8) is 0 Å². The van der Waals surface area contributed by atoms with Crippen LogP contribution >= 0.6 is 15.9 Å². The first-order valence-electron chi connectivity index (χ1n) is 8.02. The van der Waals surface area contributed by atoms with Crippen molar-refractivity contribution in [1.29, 1.82) is 0 Å². The Balaban J connectivity index is 1.70. The second kappa shape index (κ2) is 7.81. The third-order valence-corrected chi connectivity index (χ3v) is 4.62. The number of carbonyl (C=O) groups is 1. The fraction of sp³-hybridized carbons (Fsp3) is 0.316. The summed E-state index contributed by atoms with van der Waals surface area (Å²) < 4.78 is 6.51. The first kappa shape index (κ1) is 17.0. The van der Waals surface area contributed by atoms with Gasteiger partial charge in [0, 0.05) is 31.2 Å². The van der Waals surface area contributed by atoms with Gasteiger partial charge in [0.1, 0.15) is 6.10 Å². The summed E-state index contributed by atoms with van der Waals surface area (Å²) in [6.45, 7) is 3.01. The third kappa shape index (κ3) is 4.58. The summed E-state index contributed by atoms with van der Waals surface area (Å²) in [4.78, 5) is 15.6. The van der Waals surface area contributed by atoms with E-state index in [4.69, 9.17) is 4.74 Å². The molecule has 1 heterocycles. The number of halogens is 1. The molecule has 0 unspecified atom stereocenters. The van der Waals surface area contributed by atoms with Crippen LogP contribution in [0.2, 0.25) is 0 Å². The summed E-state index contributed by atoms with van der Waals surface area (Å²) in [5.41, 5.74) is 2.50. The van der Waals surface area contributed by atoms with Crippen LogP contribution in [0.3, 0.4) is 0 Å². The van der Waals surface area contributed by atoms with Crippen molar-refractivity contribution in [2.75, 3.05) is 20.1 Å². The number of likely N-dealkylation sites (N-methyl/N-ethyl adjacent to an activating group) is 1. The fourth-order valence-electron chi connectivity index (χ4n) is 2.91. The van der Waals surface area contributed by atoms with Crippen LogP contribution in [0.1, 0.15) is 11.1 Å². The first-order chi connectivity index (χ1) is 11.6. The van der Waals surface area contributed by atoms with Crippen molar-refractivity contribution in [2.24, 2.45) is 0 Å². The van der Waals surface area contributed by atoms with Crippen LogP contribution in [0.4, 0.5) is 4.79 Å². The molecule has 1 aliphatic rings. The summed E-state index contributed by atoms with van der Waals surface area (Å²) in [7, 11) is 1.78. The van der Waals surface area contributed by atoms with Gasteiger partial charge in [0.15, 0.2) is 0 Å². The van der Waals surface area contributed by atoms with E-state index in [1.165, 1.54) is 11.1 Å². The molecule has 5 heteroatoms. The molecule has 1 aliphatic heterocycles. The lowest BCUT2D eigenvalue weighted by molar-refractivity contribution is 0.101. The van der Waals surface area contributed by atoms with E-state index in [1.54, 1.807) is 11.9 Å².